The largest absolute Gasteiger partial charge is 0.265 e. The summed E-state index contributed by atoms with van der Waals surface area (Å²) in [6.07, 6.45) is 2.29. The Hall–Kier alpha value is -2.85. The third kappa shape index (κ3) is 4.33. The lowest BCUT2D eigenvalue weighted by Gasteiger charge is -2.29. The Morgan fingerprint density at radius 2 is 1.38 bits per heavy atom. The topological polar surface area (TPSA) is 37.4 Å². The maximum absolute atomic E-state index is 14.8. The Balaban J connectivity index is 1.66. The fraction of sp³-hybridized carbons (Fsp3) is 0.394. The van der Waals surface area contributed by atoms with Gasteiger partial charge in [0.1, 0.15) is 0 Å². The summed E-state index contributed by atoms with van der Waals surface area (Å²) >= 11 is 0. The average molecular weight is 514 g/mol. The highest BCUT2D eigenvalue weighted by atomic mass is 32.2. The van der Waals surface area contributed by atoms with Crippen molar-refractivity contribution >= 4 is 21.3 Å². The maximum atomic E-state index is 14.8. The Kier molecular flexibility index (Phi) is 6.60. The van der Waals surface area contributed by atoms with E-state index in [-0.39, 0.29) is 29.7 Å². The minimum absolute atomic E-state index is 0.0779. The maximum Gasteiger partial charge on any atom is 0.265 e. The summed E-state index contributed by atoms with van der Waals surface area (Å²) in [5.74, 6) is 0.909. The second-order valence-corrected chi connectivity index (χ2v) is 13.4. The quantitative estimate of drug-likeness (QED) is 0.318. The fourth-order valence-electron chi connectivity index (χ4n) is 6.01. The summed E-state index contributed by atoms with van der Waals surface area (Å²) in [4.78, 5) is 0.520. The van der Waals surface area contributed by atoms with Crippen LogP contribution < -0.4 is 4.31 Å². The number of para-hydroxylation sites is 1. The molecule has 1 heterocycles. The van der Waals surface area contributed by atoms with Crippen LogP contribution in [-0.4, -0.2) is 14.5 Å². The molecule has 3 unspecified atom stereocenters. The molecule has 3 nitrogen and oxygen atoms in total. The summed E-state index contributed by atoms with van der Waals surface area (Å²) in [6.45, 7) is 14.9. The van der Waals surface area contributed by atoms with Gasteiger partial charge in [0.05, 0.1) is 16.6 Å². The van der Waals surface area contributed by atoms with Crippen LogP contribution in [0.3, 0.4) is 0 Å². The van der Waals surface area contributed by atoms with Gasteiger partial charge in [0.2, 0.25) is 0 Å². The normalized spacial score (nSPS) is 21.1. The highest BCUT2D eigenvalue weighted by molar-refractivity contribution is 7.93. The fourth-order valence-corrected chi connectivity index (χ4v) is 8.40. The highest BCUT2D eigenvalue weighted by Crippen LogP contribution is 2.63. The van der Waals surface area contributed by atoms with Crippen molar-refractivity contribution in [3.05, 3.63) is 101 Å². The molecular formula is C33H39NO2S. The van der Waals surface area contributed by atoms with Gasteiger partial charge in [0, 0.05) is 11.8 Å². The Bertz CT molecular complexity index is 1420. The third-order valence-electron chi connectivity index (χ3n) is 8.11. The third-order valence-corrected chi connectivity index (χ3v) is 10.1. The van der Waals surface area contributed by atoms with Crippen molar-refractivity contribution in [3.8, 4) is 0 Å². The molecule has 0 bridgehead atoms. The van der Waals surface area contributed by atoms with Crippen molar-refractivity contribution < 1.29 is 8.42 Å². The van der Waals surface area contributed by atoms with E-state index in [0.29, 0.717) is 10.8 Å². The first kappa shape index (κ1) is 25.8. The molecule has 5 rings (SSSR count). The zero-order valence-corrected chi connectivity index (χ0v) is 23.9. The number of rotatable bonds is 7. The second-order valence-electron chi connectivity index (χ2n) is 11.7. The molecule has 0 spiro atoms. The number of hydrogen-bond acceptors (Lipinski definition) is 2. The molecule has 2 aliphatic rings. The molecule has 3 aromatic rings. The van der Waals surface area contributed by atoms with E-state index in [1.807, 2.05) is 36.4 Å². The molecule has 4 heteroatoms. The van der Waals surface area contributed by atoms with Crippen molar-refractivity contribution in [2.45, 2.75) is 83.1 Å². The Morgan fingerprint density at radius 3 is 1.95 bits per heavy atom. The van der Waals surface area contributed by atoms with E-state index >= 15 is 0 Å². The molecule has 1 saturated carbocycles. The molecule has 3 atom stereocenters. The first-order chi connectivity index (χ1) is 17.5. The van der Waals surface area contributed by atoms with Crippen LogP contribution in [-0.2, 0) is 10.0 Å². The van der Waals surface area contributed by atoms with Gasteiger partial charge < -0.3 is 0 Å². The van der Waals surface area contributed by atoms with E-state index in [4.69, 9.17) is 0 Å². The van der Waals surface area contributed by atoms with Gasteiger partial charge in [0.15, 0.2) is 0 Å². The van der Waals surface area contributed by atoms with Gasteiger partial charge in [-0.3, -0.25) is 4.31 Å². The van der Waals surface area contributed by atoms with Gasteiger partial charge >= 0.3 is 0 Å². The van der Waals surface area contributed by atoms with Crippen LogP contribution in [0.2, 0.25) is 0 Å². The summed E-state index contributed by atoms with van der Waals surface area (Å²) in [5.41, 5.74) is 7.45. The lowest BCUT2D eigenvalue weighted by Crippen LogP contribution is -2.34. The van der Waals surface area contributed by atoms with E-state index in [9.17, 15) is 8.42 Å². The van der Waals surface area contributed by atoms with Crippen molar-refractivity contribution in [1.29, 1.82) is 0 Å². The molecule has 37 heavy (non-hydrogen) atoms. The van der Waals surface area contributed by atoms with E-state index < -0.39 is 10.0 Å². The highest BCUT2D eigenvalue weighted by Gasteiger charge is 2.62. The van der Waals surface area contributed by atoms with Gasteiger partial charge in [-0.1, -0.05) is 108 Å². The first-order valence-electron chi connectivity index (χ1n) is 13.6. The first-order valence-corrected chi connectivity index (χ1v) is 15.0. The van der Waals surface area contributed by atoms with Gasteiger partial charge in [-0.2, -0.15) is 0 Å². The summed E-state index contributed by atoms with van der Waals surface area (Å²) in [7, 11) is -3.78. The predicted molar refractivity (Wildman–Crippen MR) is 155 cm³/mol. The molecule has 1 aliphatic carbocycles. The van der Waals surface area contributed by atoms with Crippen LogP contribution in [0.15, 0.2) is 77.7 Å². The van der Waals surface area contributed by atoms with Crippen molar-refractivity contribution in [2.75, 3.05) is 4.31 Å². The Morgan fingerprint density at radius 1 is 0.811 bits per heavy atom. The number of allylic oxidation sites excluding steroid dienone is 1. The zero-order valence-electron chi connectivity index (χ0n) is 23.1. The predicted octanol–water partition coefficient (Wildman–Crippen LogP) is 8.45. The van der Waals surface area contributed by atoms with Crippen molar-refractivity contribution in [1.82, 2.24) is 0 Å². The molecule has 3 aromatic carbocycles. The van der Waals surface area contributed by atoms with Crippen LogP contribution in [0.5, 0.6) is 0 Å². The van der Waals surface area contributed by atoms with E-state index in [1.165, 1.54) is 16.7 Å². The molecule has 1 fully saturated rings. The summed E-state index contributed by atoms with van der Waals surface area (Å²) in [6, 6.07) is 22.6. The molecule has 1 aliphatic heterocycles. The molecular weight excluding hydrogens is 474 g/mol. The average Bonchev–Trinajstić information content (AvgIpc) is 3.42. The number of hydrogen-bond donors (Lipinski definition) is 0. The second kappa shape index (κ2) is 9.47. The smallest absolute Gasteiger partial charge is 0.262 e. The van der Waals surface area contributed by atoms with Gasteiger partial charge in [0.25, 0.3) is 10.0 Å². The lowest BCUT2D eigenvalue weighted by molar-refractivity contribution is 0.584. The van der Waals surface area contributed by atoms with E-state index in [0.717, 1.165) is 22.4 Å². The standard InChI is InChI=1S/C33H39NO2S/c1-20(2)25-18-27(21(3)4)33(28(19-25)22(5)6)37(35,36)34-30-16-12-11-15-26(30)31-29(32(31)34)17-23(7)24-13-9-8-10-14-24/h8-22,29,31-32H,1-7H3/b23-17+. The molecule has 0 N–H and O–H groups in total. The molecule has 0 amide bonds. The van der Waals surface area contributed by atoms with E-state index in [1.54, 1.807) is 4.31 Å². The molecule has 194 valence electrons. The summed E-state index contributed by atoms with van der Waals surface area (Å²) < 4.78 is 31.3. The Labute approximate surface area is 223 Å². The zero-order chi connectivity index (χ0) is 26.6. The van der Waals surface area contributed by atoms with Gasteiger partial charge in [-0.15, -0.1) is 0 Å². The van der Waals surface area contributed by atoms with Crippen molar-refractivity contribution in [2.24, 2.45) is 5.92 Å². The number of fused-ring (bicyclic) bond motifs is 3. The minimum Gasteiger partial charge on any atom is -0.262 e. The lowest BCUT2D eigenvalue weighted by atomic mass is 9.89. The van der Waals surface area contributed by atoms with Gasteiger partial charge in [-0.25, -0.2) is 8.42 Å². The van der Waals surface area contributed by atoms with Gasteiger partial charge in [-0.05, 0) is 64.1 Å². The molecule has 0 saturated heterocycles. The number of nitrogens with zero attached hydrogens (tertiary/aromatic N) is 1. The SMILES string of the molecule is C/C(=C\C1C2c3ccccc3N(S(=O)(=O)c3c(C(C)C)cc(C(C)C)cc3C(C)C)C12)c1ccccc1. The van der Waals surface area contributed by atoms with Crippen LogP contribution in [0.4, 0.5) is 5.69 Å². The minimum atomic E-state index is -3.78. The molecule has 0 aromatic heterocycles. The monoisotopic (exact) mass is 513 g/mol. The van der Waals surface area contributed by atoms with Crippen molar-refractivity contribution in [3.63, 3.8) is 0 Å². The number of anilines is 1. The van der Waals surface area contributed by atoms with Crippen LogP contribution in [0, 0.1) is 5.92 Å². The van der Waals surface area contributed by atoms with Crippen LogP contribution >= 0.6 is 0 Å². The number of benzene rings is 3. The van der Waals surface area contributed by atoms with E-state index in [2.05, 4.69) is 84.9 Å². The number of sulfonamides is 1. The van der Waals surface area contributed by atoms with Crippen LogP contribution in [0.1, 0.15) is 100.0 Å². The molecule has 0 radical (unpaired) electrons. The summed E-state index contributed by atoms with van der Waals surface area (Å²) in [5, 5.41) is 0. The van der Waals surface area contributed by atoms with Crippen LogP contribution in [0.25, 0.3) is 5.57 Å².